The Morgan fingerprint density at radius 3 is 2.75 bits per heavy atom. The Bertz CT molecular complexity index is 750. The van der Waals surface area contributed by atoms with E-state index >= 15 is 0 Å². The van der Waals surface area contributed by atoms with Crippen LogP contribution in [0.25, 0.3) is 0 Å². The summed E-state index contributed by atoms with van der Waals surface area (Å²) < 4.78 is 10.8. The molecule has 0 radical (unpaired) electrons. The third-order valence-corrected chi connectivity index (χ3v) is 5.49. The molecule has 3 heterocycles. The summed E-state index contributed by atoms with van der Waals surface area (Å²) in [4.78, 5) is 17.2. The number of hydrogen-bond donors (Lipinski definition) is 1. The van der Waals surface area contributed by atoms with Crippen molar-refractivity contribution >= 4 is 17.2 Å². The van der Waals surface area contributed by atoms with Gasteiger partial charge in [0.15, 0.2) is 11.5 Å². The summed E-state index contributed by atoms with van der Waals surface area (Å²) in [6.45, 7) is 6.88. The van der Waals surface area contributed by atoms with E-state index in [9.17, 15) is 4.79 Å². The van der Waals surface area contributed by atoms with Crippen molar-refractivity contribution in [2.45, 2.75) is 13.5 Å². The van der Waals surface area contributed by atoms with Gasteiger partial charge < -0.3 is 19.3 Å². The average molecular weight is 345 g/mol. The number of benzene rings is 1. The lowest BCUT2D eigenvalue weighted by atomic mass is 10.1. The van der Waals surface area contributed by atoms with E-state index < -0.39 is 0 Å². The Labute approximate surface area is 145 Å². The van der Waals surface area contributed by atoms with Gasteiger partial charge in [-0.25, -0.2) is 0 Å². The molecule has 0 bridgehead atoms. The molecule has 126 valence electrons. The minimum atomic E-state index is 0.168. The molecule has 5 nitrogen and oxygen atoms in total. The van der Waals surface area contributed by atoms with Crippen molar-refractivity contribution < 1.29 is 19.2 Å². The predicted molar refractivity (Wildman–Crippen MR) is 91.9 cm³/mol. The molecule has 0 spiro atoms. The van der Waals surface area contributed by atoms with Gasteiger partial charge in [0.05, 0.1) is 31.7 Å². The lowest BCUT2D eigenvalue weighted by Crippen LogP contribution is -3.13. The molecule has 0 atom stereocenters. The average Bonchev–Trinajstić information content (AvgIpc) is 3.23. The maximum atomic E-state index is 12.5. The van der Waals surface area contributed by atoms with E-state index in [-0.39, 0.29) is 5.91 Å². The zero-order valence-electron chi connectivity index (χ0n) is 13.7. The first-order chi connectivity index (χ1) is 11.7. The number of piperazine rings is 1. The predicted octanol–water partition coefficient (Wildman–Crippen LogP) is 1.33. The van der Waals surface area contributed by atoms with Crippen LogP contribution in [0.2, 0.25) is 0 Å². The van der Waals surface area contributed by atoms with Gasteiger partial charge in [-0.3, -0.25) is 4.79 Å². The lowest BCUT2D eigenvalue weighted by molar-refractivity contribution is -0.917. The van der Waals surface area contributed by atoms with Crippen molar-refractivity contribution in [3.8, 4) is 11.5 Å². The van der Waals surface area contributed by atoms with Crippen LogP contribution in [0.3, 0.4) is 0 Å². The fourth-order valence-electron chi connectivity index (χ4n) is 3.28. The van der Waals surface area contributed by atoms with Gasteiger partial charge in [0.1, 0.15) is 6.54 Å². The zero-order valence-corrected chi connectivity index (χ0v) is 14.5. The van der Waals surface area contributed by atoms with Crippen molar-refractivity contribution in [3.63, 3.8) is 0 Å². The molecular weight excluding hydrogens is 324 g/mol. The highest BCUT2D eigenvalue weighted by molar-refractivity contribution is 7.10. The molecule has 1 aromatic carbocycles. The standard InChI is InChI=1S/C18H20N2O3S/c1-13-8-15(11-24-13)18(21)20-6-4-19(5-7-20)10-14-2-3-16-17(9-14)23-12-22-16/h2-3,8-9,11H,4-7,10,12H2,1H3/p+1. The van der Waals surface area contributed by atoms with Gasteiger partial charge in [0.25, 0.3) is 5.91 Å². The third kappa shape index (κ3) is 3.12. The number of carbonyl (C=O) groups excluding carboxylic acids is 1. The maximum Gasteiger partial charge on any atom is 0.255 e. The summed E-state index contributed by atoms with van der Waals surface area (Å²) in [5.74, 6) is 1.84. The largest absolute Gasteiger partial charge is 0.454 e. The molecule has 0 saturated carbocycles. The number of nitrogens with zero attached hydrogens (tertiary/aromatic N) is 1. The Morgan fingerprint density at radius 2 is 2.00 bits per heavy atom. The van der Waals surface area contributed by atoms with Gasteiger partial charge in [0, 0.05) is 15.8 Å². The van der Waals surface area contributed by atoms with Crippen LogP contribution in [0.4, 0.5) is 0 Å². The topological polar surface area (TPSA) is 43.2 Å². The van der Waals surface area contributed by atoms with Crippen LogP contribution in [-0.2, 0) is 6.54 Å². The van der Waals surface area contributed by atoms with Crippen LogP contribution in [0.5, 0.6) is 11.5 Å². The van der Waals surface area contributed by atoms with E-state index in [1.54, 1.807) is 11.3 Å². The number of thiophene rings is 1. The highest BCUT2D eigenvalue weighted by Gasteiger charge is 2.25. The molecule has 1 fully saturated rings. The molecule has 24 heavy (non-hydrogen) atoms. The van der Waals surface area contributed by atoms with Gasteiger partial charge in [-0.1, -0.05) is 0 Å². The number of amides is 1. The Balaban J connectivity index is 1.34. The van der Waals surface area contributed by atoms with Gasteiger partial charge >= 0.3 is 0 Å². The fourth-order valence-corrected chi connectivity index (χ4v) is 3.96. The van der Waals surface area contributed by atoms with Crippen LogP contribution in [0.15, 0.2) is 29.6 Å². The molecule has 1 N–H and O–H groups in total. The maximum absolute atomic E-state index is 12.5. The van der Waals surface area contributed by atoms with Gasteiger partial charge in [-0.05, 0) is 31.2 Å². The van der Waals surface area contributed by atoms with Crippen molar-refractivity contribution in [2.24, 2.45) is 0 Å². The second-order valence-corrected chi connectivity index (χ2v) is 7.47. The second-order valence-electron chi connectivity index (χ2n) is 6.35. The third-order valence-electron chi connectivity index (χ3n) is 4.63. The van der Waals surface area contributed by atoms with Gasteiger partial charge in [-0.15, -0.1) is 11.3 Å². The fraction of sp³-hybridized carbons (Fsp3) is 0.389. The van der Waals surface area contributed by atoms with Crippen LogP contribution in [0.1, 0.15) is 20.8 Å². The molecule has 2 aliphatic rings. The lowest BCUT2D eigenvalue weighted by Gasteiger charge is -2.32. The van der Waals surface area contributed by atoms with Crippen LogP contribution in [-0.4, -0.2) is 43.8 Å². The van der Waals surface area contributed by atoms with E-state index in [0.29, 0.717) is 6.79 Å². The van der Waals surface area contributed by atoms with Gasteiger partial charge in [-0.2, -0.15) is 0 Å². The van der Waals surface area contributed by atoms with Crippen LogP contribution < -0.4 is 14.4 Å². The number of quaternary nitrogens is 1. The number of nitrogens with one attached hydrogen (secondary N) is 1. The highest BCUT2D eigenvalue weighted by atomic mass is 32.1. The molecule has 2 aliphatic heterocycles. The summed E-state index contributed by atoms with van der Waals surface area (Å²) >= 11 is 1.63. The molecule has 4 rings (SSSR count). The number of ether oxygens (including phenoxy) is 2. The molecule has 0 unspecified atom stereocenters. The highest BCUT2D eigenvalue weighted by Crippen LogP contribution is 2.32. The smallest absolute Gasteiger partial charge is 0.255 e. The number of rotatable bonds is 3. The second kappa shape index (κ2) is 6.45. The summed E-state index contributed by atoms with van der Waals surface area (Å²) in [7, 11) is 0. The van der Waals surface area contributed by atoms with E-state index in [1.807, 2.05) is 29.3 Å². The van der Waals surface area contributed by atoms with Crippen LogP contribution >= 0.6 is 11.3 Å². The normalized spacial score (nSPS) is 17.3. The Morgan fingerprint density at radius 1 is 1.21 bits per heavy atom. The van der Waals surface area contributed by atoms with E-state index in [0.717, 1.165) is 49.8 Å². The van der Waals surface area contributed by atoms with Crippen molar-refractivity contribution in [1.29, 1.82) is 0 Å². The first kappa shape index (κ1) is 15.5. The number of carbonyl (C=O) groups is 1. The molecule has 1 amide bonds. The molecule has 2 aromatic rings. The zero-order chi connectivity index (χ0) is 16.5. The summed E-state index contributed by atoms with van der Waals surface area (Å²) in [6.07, 6.45) is 0. The molecule has 1 saturated heterocycles. The van der Waals surface area contributed by atoms with Crippen LogP contribution in [0, 0.1) is 6.92 Å². The van der Waals surface area contributed by atoms with Crippen molar-refractivity contribution in [3.05, 3.63) is 45.6 Å². The van der Waals surface area contributed by atoms with E-state index in [2.05, 4.69) is 12.1 Å². The summed E-state index contributed by atoms with van der Waals surface area (Å²) in [6, 6.07) is 8.14. The molecule has 1 aromatic heterocycles. The van der Waals surface area contributed by atoms with Crippen molar-refractivity contribution in [2.75, 3.05) is 33.0 Å². The van der Waals surface area contributed by atoms with Gasteiger partial charge in [0.2, 0.25) is 6.79 Å². The quantitative estimate of drug-likeness (QED) is 0.913. The minimum Gasteiger partial charge on any atom is -0.454 e. The Hall–Kier alpha value is -2.05. The first-order valence-electron chi connectivity index (χ1n) is 8.25. The number of hydrogen-bond acceptors (Lipinski definition) is 4. The summed E-state index contributed by atoms with van der Waals surface area (Å²) in [5, 5.41) is 1.96. The monoisotopic (exact) mass is 345 g/mol. The van der Waals surface area contributed by atoms with E-state index in [4.69, 9.17) is 9.47 Å². The van der Waals surface area contributed by atoms with E-state index in [1.165, 1.54) is 15.3 Å². The van der Waals surface area contributed by atoms with Crippen molar-refractivity contribution in [1.82, 2.24) is 4.90 Å². The number of fused-ring (bicyclic) bond motifs is 1. The molecule has 6 heteroatoms. The number of aryl methyl sites for hydroxylation is 1. The molecular formula is C18H21N2O3S+. The summed E-state index contributed by atoms with van der Waals surface area (Å²) in [5.41, 5.74) is 2.08. The SMILES string of the molecule is Cc1cc(C(=O)N2CC[NH+](Cc3ccc4c(c3)OCO4)CC2)cs1. The first-order valence-corrected chi connectivity index (χ1v) is 9.13. The minimum absolute atomic E-state index is 0.168. The molecule has 0 aliphatic carbocycles. The Kier molecular flexibility index (Phi) is 4.16.